The van der Waals surface area contributed by atoms with E-state index in [1.54, 1.807) is 53.7 Å². The first-order valence-electron chi connectivity index (χ1n) is 15.4. The Kier molecular flexibility index (Phi) is 10.3. The van der Waals surface area contributed by atoms with Gasteiger partial charge in [0.1, 0.15) is 29.4 Å². The molecule has 1 heterocycles. The fourth-order valence-corrected chi connectivity index (χ4v) is 6.49. The molecule has 1 fully saturated rings. The maximum Gasteiger partial charge on any atom is 0.416 e. The second-order valence-electron chi connectivity index (χ2n) is 13.7. The number of aromatic nitrogens is 1. The number of sulfonamides is 1. The van der Waals surface area contributed by atoms with E-state index in [4.69, 9.17) is 9.47 Å². The van der Waals surface area contributed by atoms with Gasteiger partial charge in [0.05, 0.1) is 17.1 Å². The SMILES string of the molecule is CCC1(c2ccc(CN(Cc3cccc(N(CC(=O)OC(C)(C)C)C(=O)OC(C)(C)C)n3)S(=O)(=O)c3ccc(F)cc3)cc2)CC1. The van der Waals surface area contributed by atoms with Gasteiger partial charge >= 0.3 is 12.1 Å². The molecule has 0 bridgehead atoms. The zero-order valence-corrected chi connectivity index (χ0v) is 28.5. The molecular weight excluding hydrogens is 609 g/mol. The summed E-state index contributed by atoms with van der Waals surface area (Å²) in [5.41, 5.74) is 0.913. The third-order valence-corrected chi connectivity index (χ3v) is 9.44. The van der Waals surface area contributed by atoms with Gasteiger partial charge in [-0.2, -0.15) is 4.31 Å². The number of hydrogen-bond donors (Lipinski definition) is 0. The van der Waals surface area contributed by atoms with E-state index >= 15 is 0 Å². The maximum atomic E-state index is 13.9. The first-order valence-corrected chi connectivity index (χ1v) is 16.9. The molecular formula is C35H44FN3O6S. The van der Waals surface area contributed by atoms with Crippen LogP contribution in [-0.2, 0) is 42.8 Å². The summed E-state index contributed by atoms with van der Waals surface area (Å²) in [6, 6.07) is 17.5. The second-order valence-corrected chi connectivity index (χ2v) is 15.6. The fraction of sp³-hybridized carbons (Fsp3) is 0.457. The first-order chi connectivity index (χ1) is 21.4. The van der Waals surface area contributed by atoms with Crippen molar-refractivity contribution in [3.8, 4) is 0 Å². The molecule has 0 N–H and O–H groups in total. The highest BCUT2D eigenvalue weighted by Gasteiger charge is 2.42. The highest BCUT2D eigenvalue weighted by atomic mass is 32.2. The summed E-state index contributed by atoms with van der Waals surface area (Å²) < 4.78 is 53.8. The Hall–Kier alpha value is -3.83. The van der Waals surface area contributed by atoms with Crippen LogP contribution in [-0.4, -0.2) is 47.5 Å². The number of carbonyl (C=O) groups excluding carboxylic acids is 2. The smallest absolute Gasteiger partial charge is 0.416 e. The Morgan fingerprint density at radius 1 is 0.870 bits per heavy atom. The number of halogens is 1. The Labute approximate surface area is 271 Å². The lowest BCUT2D eigenvalue weighted by Crippen LogP contribution is -2.42. The summed E-state index contributed by atoms with van der Waals surface area (Å²) in [6.45, 7) is 11.9. The Morgan fingerprint density at radius 2 is 1.48 bits per heavy atom. The van der Waals surface area contributed by atoms with Crippen molar-refractivity contribution in [2.24, 2.45) is 0 Å². The summed E-state index contributed by atoms with van der Waals surface area (Å²) in [4.78, 5) is 31.6. The molecule has 1 amide bonds. The lowest BCUT2D eigenvalue weighted by Gasteiger charge is -2.28. The second kappa shape index (κ2) is 13.5. The quantitative estimate of drug-likeness (QED) is 0.203. The minimum absolute atomic E-state index is 0.0265. The van der Waals surface area contributed by atoms with Crippen molar-refractivity contribution in [2.75, 3.05) is 11.4 Å². The number of nitrogens with zero attached hydrogens (tertiary/aromatic N) is 3. The number of ether oxygens (including phenoxy) is 2. The average molecular weight is 654 g/mol. The predicted molar refractivity (Wildman–Crippen MR) is 174 cm³/mol. The van der Waals surface area contributed by atoms with Gasteiger partial charge in [-0.3, -0.25) is 9.69 Å². The number of amides is 1. The number of pyridine rings is 1. The molecule has 248 valence electrons. The van der Waals surface area contributed by atoms with Crippen LogP contribution in [0.15, 0.2) is 71.6 Å². The van der Waals surface area contributed by atoms with Gasteiger partial charge in [-0.15, -0.1) is 0 Å². The van der Waals surface area contributed by atoms with Crippen LogP contribution in [0, 0.1) is 5.82 Å². The molecule has 2 aromatic carbocycles. The molecule has 0 radical (unpaired) electrons. The lowest BCUT2D eigenvalue weighted by atomic mass is 9.92. The Morgan fingerprint density at radius 3 is 2.02 bits per heavy atom. The molecule has 1 saturated carbocycles. The van der Waals surface area contributed by atoms with Gasteiger partial charge in [-0.25, -0.2) is 22.6 Å². The number of rotatable bonds is 11. The summed E-state index contributed by atoms with van der Waals surface area (Å²) >= 11 is 0. The van der Waals surface area contributed by atoms with Gasteiger partial charge in [-0.1, -0.05) is 37.3 Å². The molecule has 1 aliphatic carbocycles. The van der Waals surface area contributed by atoms with Crippen LogP contribution in [0.25, 0.3) is 0 Å². The van der Waals surface area contributed by atoms with Crippen molar-refractivity contribution in [3.05, 3.63) is 89.4 Å². The van der Waals surface area contributed by atoms with E-state index in [2.05, 4.69) is 24.0 Å². The molecule has 0 atom stereocenters. The van der Waals surface area contributed by atoms with Crippen LogP contribution in [0.3, 0.4) is 0 Å². The van der Waals surface area contributed by atoms with Crippen molar-refractivity contribution in [2.45, 2.75) is 102 Å². The van der Waals surface area contributed by atoms with Crippen LogP contribution in [0.1, 0.15) is 84.5 Å². The van der Waals surface area contributed by atoms with Crippen LogP contribution in [0.2, 0.25) is 0 Å². The highest BCUT2D eigenvalue weighted by molar-refractivity contribution is 7.89. The Bertz CT molecular complexity index is 1640. The van der Waals surface area contributed by atoms with Gasteiger partial charge in [0.25, 0.3) is 0 Å². The summed E-state index contributed by atoms with van der Waals surface area (Å²) in [5.74, 6) is -1.12. The van der Waals surface area contributed by atoms with E-state index in [0.29, 0.717) is 5.69 Å². The summed E-state index contributed by atoms with van der Waals surface area (Å²) in [6.07, 6.45) is 2.53. The van der Waals surface area contributed by atoms with Crippen molar-refractivity contribution in [1.29, 1.82) is 0 Å². The summed E-state index contributed by atoms with van der Waals surface area (Å²) in [5, 5.41) is 0. The van der Waals surface area contributed by atoms with Crippen LogP contribution >= 0.6 is 0 Å². The maximum absolute atomic E-state index is 13.9. The van der Waals surface area contributed by atoms with Gasteiger partial charge in [0.2, 0.25) is 10.0 Å². The highest BCUT2D eigenvalue weighted by Crippen LogP contribution is 2.50. The third-order valence-electron chi connectivity index (χ3n) is 7.64. The number of anilines is 1. The first kappa shape index (κ1) is 35.0. The van der Waals surface area contributed by atoms with E-state index in [-0.39, 0.29) is 29.2 Å². The van der Waals surface area contributed by atoms with Gasteiger partial charge < -0.3 is 9.47 Å². The van der Waals surface area contributed by atoms with Crippen molar-refractivity contribution < 1.29 is 31.9 Å². The minimum atomic E-state index is -4.11. The standard InChI is InChI=1S/C35H44FN3O6S/c1-8-35(20-21-35)26-14-12-25(13-15-26)22-38(46(42,43)29-18-16-27(36)17-19-29)23-28-10-9-11-30(37-28)39(32(41)45-34(5,6)7)24-31(40)44-33(2,3)4/h9-19H,8,20-24H2,1-7H3. The normalized spacial score (nSPS) is 14.5. The molecule has 1 aromatic heterocycles. The molecule has 3 aromatic rings. The molecule has 0 saturated heterocycles. The number of carbonyl (C=O) groups is 2. The number of esters is 1. The number of hydrogen-bond acceptors (Lipinski definition) is 7. The predicted octanol–water partition coefficient (Wildman–Crippen LogP) is 7.14. The van der Waals surface area contributed by atoms with Gasteiger partial charge in [0.15, 0.2) is 0 Å². The zero-order valence-electron chi connectivity index (χ0n) is 27.7. The van der Waals surface area contributed by atoms with Crippen LogP contribution in [0.5, 0.6) is 0 Å². The van der Waals surface area contributed by atoms with E-state index in [1.807, 2.05) is 12.1 Å². The fourth-order valence-electron chi connectivity index (χ4n) is 5.09. The molecule has 9 nitrogen and oxygen atoms in total. The molecule has 46 heavy (non-hydrogen) atoms. The Balaban J connectivity index is 1.67. The largest absolute Gasteiger partial charge is 0.459 e. The third kappa shape index (κ3) is 9.13. The van der Waals surface area contributed by atoms with Crippen molar-refractivity contribution in [1.82, 2.24) is 9.29 Å². The van der Waals surface area contributed by atoms with Crippen LogP contribution < -0.4 is 4.90 Å². The summed E-state index contributed by atoms with van der Waals surface area (Å²) in [7, 11) is -4.11. The van der Waals surface area contributed by atoms with E-state index in [9.17, 15) is 22.4 Å². The molecule has 11 heteroatoms. The van der Waals surface area contributed by atoms with Crippen molar-refractivity contribution in [3.63, 3.8) is 0 Å². The van der Waals surface area contributed by atoms with Crippen molar-refractivity contribution >= 4 is 27.9 Å². The molecule has 0 spiro atoms. The number of benzene rings is 2. The monoisotopic (exact) mass is 653 g/mol. The lowest BCUT2D eigenvalue weighted by molar-refractivity contribution is -0.153. The van der Waals surface area contributed by atoms with Gasteiger partial charge in [0, 0.05) is 6.54 Å². The molecule has 1 aliphatic rings. The van der Waals surface area contributed by atoms with E-state index < -0.39 is 45.6 Å². The molecule has 4 rings (SSSR count). The van der Waals surface area contributed by atoms with E-state index in [1.165, 1.54) is 28.1 Å². The minimum Gasteiger partial charge on any atom is -0.459 e. The average Bonchev–Trinajstić information content (AvgIpc) is 3.76. The molecule has 0 aliphatic heterocycles. The molecule has 0 unspecified atom stereocenters. The van der Waals surface area contributed by atoms with Crippen LogP contribution in [0.4, 0.5) is 15.0 Å². The van der Waals surface area contributed by atoms with E-state index in [0.717, 1.165) is 41.9 Å². The topological polar surface area (TPSA) is 106 Å². The van der Waals surface area contributed by atoms with Gasteiger partial charge in [-0.05, 0) is 114 Å². The zero-order chi connectivity index (χ0) is 33.9.